The fourth-order valence-corrected chi connectivity index (χ4v) is 2.12. The van der Waals surface area contributed by atoms with Crippen molar-refractivity contribution in [2.45, 2.75) is 33.1 Å². The molecule has 2 N–H and O–H groups in total. The van der Waals surface area contributed by atoms with Gasteiger partial charge < -0.3 is 5.11 Å². The van der Waals surface area contributed by atoms with Gasteiger partial charge in [-0.2, -0.15) is 5.10 Å². The Morgan fingerprint density at radius 3 is 2.39 bits per heavy atom. The third-order valence-corrected chi connectivity index (χ3v) is 3.57. The van der Waals surface area contributed by atoms with Gasteiger partial charge >= 0.3 is 0 Å². The molecule has 0 bridgehead atoms. The molecule has 0 aliphatic carbocycles. The highest BCUT2D eigenvalue weighted by Crippen LogP contribution is 2.22. The molecule has 2 rings (SSSR count). The smallest absolute Gasteiger partial charge is 0.271 e. The molecule has 4 heteroatoms. The van der Waals surface area contributed by atoms with Crippen LogP contribution in [0.1, 0.15) is 47.8 Å². The van der Waals surface area contributed by atoms with E-state index in [1.165, 1.54) is 11.8 Å². The summed E-state index contributed by atoms with van der Waals surface area (Å²) in [6.07, 6.45) is 1.43. The normalized spacial score (nSPS) is 11.7. The highest BCUT2D eigenvalue weighted by molar-refractivity contribution is 5.95. The van der Waals surface area contributed by atoms with E-state index >= 15 is 0 Å². The van der Waals surface area contributed by atoms with E-state index in [0.717, 1.165) is 5.56 Å². The second kappa shape index (κ2) is 6.65. The van der Waals surface area contributed by atoms with Crippen molar-refractivity contribution in [1.29, 1.82) is 0 Å². The van der Waals surface area contributed by atoms with Gasteiger partial charge in [-0.05, 0) is 42.2 Å². The molecule has 0 radical (unpaired) electrons. The molecule has 2 aromatic rings. The first-order valence-electron chi connectivity index (χ1n) is 7.51. The van der Waals surface area contributed by atoms with Crippen molar-refractivity contribution in [3.05, 3.63) is 64.7 Å². The van der Waals surface area contributed by atoms with Gasteiger partial charge in [0.05, 0.1) is 6.21 Å². The summed E-state index contributed by atoms with van der Waals surface area (Å²) in [6, 6.07) is 12.7. The predicted molar refractivity (Wildman–Crippen MR) is 93.0 cm³/mol. The van der Waals surface area contributed by atoms with Gasteiger partial charge in [0.2, 0.25) is 0 Å². The second-order valence-corrected chi connectivity index (χ2v) is 6.59. The van der Waals surface area contributed by atoms with Crippen LogP contribution in [-0.4, -0.2) is 17.2 Å². The van der Waals surface area contributed by atoms with Crippen molar-refractivity contribution in [3.8, 4) is 5.75 Å². The number of nitrogens with one attached hydrogen (secondary N) is 1. The van der Waals surface area contributed by atoms with E-state index in [-0.39, 0.29) is 17.1 Å². The number of hydrogen-bond acceptors (Lipinski definition) is 3. The fraction of sp³-hybridized carbons (Fsp3) is 0.263. The maximum Gasteiger partial charge on any atom is 0.271 e. The lowest BCUT2D eigenvalue weighted by Gasteiger charge is -2.18. The molecule has 0 spiro atoms. The zero-order chi connectivity index (χ0) is 17.0. The van der Waals surface area contributed by atoms with Gasteiger partial charge in [0.25, 0.3) is 5.91 Å². The summed E-state index contributed by atoms with van der Waals surface area (Å²) in [6.45, 7) is 8.30. The van der Waals surface area contributed by atoms with E-state index in [2.05, 4.69) is 31.3 Å². The van der Waals surface area contributed by atoms with Gasteiger partial charge in [-0.1, -0.05) is 44.5 Å². The van der Waals surface area contributed by atoms with Crippen LogP contribution >= 0.6 is 0 Å². The molecule has 4 nitrogen and oxygen atoms in total. The minimum atomic E-state index is -0.283. The minimum absolute atomic E-state index is 0.0514. The summed E-state index contributed by atoms with van der Waals surface area (Å²) >= 11 is 0. The Labute approximate surface area is 136 Å². The molecular formula is C19H22N2O2. The number of hydrazone groups is 1. The van der Waals surface area contributed by atoms with Crippen LogP contribution in [0.25, 0.3) is 0 Å². The fourth-order valence-electron chi connectivity index (χ4n) is 2.12. The van der Waals surface area contributed by atoms with Gasteiger partial charge in [-0.3, -0.25) is 4.79 Å². The van der Waals surface area contributed by atoms with Crippen LogP contribution in [0.2, 0.25) is 0 Å². The van der Waals surface area contributed by atoms with Crippen LogP contribution in [0.15, 0.2) is 47.6 Å². The number of hydrogen-bond donors (Lipinski definition) is 2. The number of amides is 1. The molecule has 0 aliphatic rings. The summed E-state index contributed by atoms with van der Waals surface area (Å²) in [4.78, 5) is 12.1. The third kappa shape index (κ3) is 4.42. The number of aryl methyl sites for hydroxylation is 1. The molecule has 120 valence electrons. The predicted octanol–water partition coefficient (Wildman–Crippen LogP) is 3.76. The standard InChI is InChI=1S/C19H22N2O2/c1-13-5-10-17(22)15(11-13)12-20-21-18(23)14-6-8-16(9-7-14)19(2,3)4/h5-12,22H,1-4H3,(H,21,23)/b20-12-. The zero-order valence-electron chi connectivity index (χ0n) is 13.9. The van der Waals surface area contributed by atoms with E-state index in [9.17, 15) is 9.90 Å². The highest BCUT2D eigenvalue weighted by atomic mass is 16.3. The topological polar surface area (TPSA) is 61.7 Å². The molecule has 0 fully saturated rings. The van der Waals surface area contributed by atoms with Gasteiger partial charge in [0.15, 0.2) is 0 Å². The van der Waals surface area contributed by atoms with Crippen molar-refractivity contribution in [2.75, 3.05) is 0 Å². The number of rotatable bonds is 3. The molecule has 0 saturated carbocycles. The average molecular weight is 310 g/mol. The van der Waals surface area contributed by atoms with Crippen LogP contribution in [0.5, 0.6) is 5.75 Å². The molecule has 0 aromatic heterocycles. The highest BCUT2D eigenvalue weighted by Gasteiger charge is 2.14. The number of nitrogens with zero attached hydrogens (tertiary/aromatic N) is 1. The van der Waals surface area contributed by atoms with Crippen molar-refractivity contribution in [1.82, 2.24) is 5.43 Å². The van der Waals surface area contributed by atoms with Gasteiger partial charge in [0, 0.05) is 11.1 Å². The van der Waals surface area contributed by atoms with Crippen molar-refractivity contribution < 1.29 is 9.90 Å². The first kappa shape index (κ1) is 16.7. The maximum absolute atomic E-state index is 12.1. The number of benzene rings is 2. The summed E-state index contributed by atoms with van der Waals surface area (Å²) in [7, 11) is 0. The van der Waals surface area contributed by atoms with Crippen LogP contribution in [-0.2, 0) is 5.41 Å². The lowest BCUT2D eigenvalue weighted by molar-refractivity contribution is 0.0955. The summed E-state index contributed by atoms with van der Waals surface area (Å²) in [5, 5.41) is 13.6. The lowest BCUT2D eigenvalue weighted by Crippen LogP contribution is -2.18. The number of carbonyl (C=O) groups excluding carboxylic acids is 1. The molecule has 0 heterocycles. The number of aromatic hydroxyl groups is 1. The van der Waals surface area contributed by atoms with Gasteiger partial charge in [0.1, 0.15) is 5.75 Å². The summed E-state index contributed by atoms with van der Waals surface area (Å²) in [5.41, 5.74) is 5.81. The minimum Gasteiger partial charge on any atom is -0.507 e. The van der Waals surface area contributed by atoms with E-state index in [1.807, 2.05) is 25.1 Å². The lowest BCUT2D eigenvalue weighted by atomic mass is 9.87. The Kier molecular flexibility index (Phi) is 4.84. The Bertz CT molecular complexity index is 726. The number of phenolic OH excluding ortho intramolecular Hbond substituents is 1. The van der Waals surface area contributed by atoms with E-state index in [1.54, 1.807) is 24.3 Å². The Morgan fingerprint density at radius 1 is 1.13 bits per heavy atom. The van der Waals surface area contributed by atoms with Crippen molar-refractivity contribution >= 4 is 12.1 Å². The Hall–Kier alpha value is -2.62. The zero-order valence-corrected chi connectivity index (χ0v) is 13.9. The van der Waals surface area contributed by atoms with Crippen LogP contribution in [0.3, 0.4) is 0 Å². The molecule has 23 heavy (non-hydrogen) atoms. The number of phenols is 1. The van der Waals surface area contributed by atoms with Gasteiger partial charge in [-0.15, -0.1) is 0 Å². The molecule has 0 atom stereocenters. The largest absolute Gasteiger partial charge is 0.507 e. The average Bonchev–Trinajstić information content (AvgIpc) is 2.50. The molecule has 2 aromatic carbocycles. The molecule has 1 amide bonds. The number of carbonyl (C=O) groups is 1. The molecule has 0 saturated heterocycles. The third-order valence-electron chi connectivity index (χ3n) is 3.57. The van der Waals surface area contributed by atoms with Crippen molar-refractivity contribution in [3.63, 3.8) is 0 Å². The summed E-state index contributed by atoms with van der Waals surface area (Å²) in [5.74, 6) is -0.156. The molecule has 0 unspecified atom stereocenters. The van der Waals surface area contributed by atoms with E-state index in [4.69, 9.17) is 0 Å². The van der Waals surface area contributed by atoms with Crippen LogP contribution in [0.4, 0.5) is 0 Å². The first-order chi connectivity index (χ1) is 10.8. The second-order valence-electron chi connectivity index (χ2n) is 6.59. The van der Waals surface area contributed by atoms with Crippen LogP contribution in [0, 0.1) is 6.92 Å². The Balaban J connectivity index is 2.05. The monoisotopic (exact) mass is 310 g/mol. The SMILES string of the molecule is Cc1ccc(O)c(/C=N\NC(=O)c2ccc(C(C)(C)C)cc2)c1. The van der Waals surface area contributed by atoms with E-state index < -0.39 is 0 Å². The quantitative estimate of drug-likeness (QED) is 0.670. The summed E-state index contributed by atoms with van der Waals surface area (Å²) < 4.78 is 0. The van der Waals surface area contributed by atoms with Crippen LogP contribution < -0.4 is 5.43 Å². The maximum atomic E-state index is 12.1. The van der Waals surface area contributed by atoms with Crippen molar-refractivity contribution in [2.24, 2.45) is 5.10 Å². The first-order valence-corrected chi connectivity index (χ1v) is 7.51. The van der Waals surface area contributed by atoms with E-state index in [0.29, 0.717) is 11.1 Å². The van der Waals surface area contributed by atoms with Gasteiger partial charge in [-0.25, -0.2) is 5.43 Å². The molecular weight excluding hydrogens is 288 g/mol. The molecule has 0 aliphatic heterocycles. The Morgan fingerprint density at radius 2 is 1.78 bits per heavy atom.